The summed E-state index contributed by atoms with van der Waals surface area (Å²) >= 11 is 2.86. The first-order valence-corrected chi connectivity index (χ1v) is 6.33. The number of benzene rings is 1. The Morgan fingerprint density at radius 1 is 1.31 bits per heavy atom. The number of nitro groups is 1. The van der Waals surface area contributed by atoms with Crippen molar-refractivity contribution in [2.45, 2.75) is 16.0 Å². The van der Waals surface area contributed by atoms with Gasteiger partial charge in [-0.05, 0) is 23.9 Å². The summed E-state index contributed by atoms with van der Waals surface area (Å²) in [6.07, 6.45) is 0. The number of hydrogen-bond acceptors (Lipinski definition) is 4. The predicted octanol–water partition coefficient (Wildman–Crippen LogP) is 4.12. The molecule has 0 saturated carbocycles. The van der Waals surface area contributed by atoms with Gasteiger partial charge in [-0.2, -0.15) is 0 Å². The van der Waals surface area contributed by atoms with E-state index < -0.39 is 0 Å². The van der Waals surface area contributed by atoms with E-state index in [1.807, 2.05) is 31.2 Å². The maximum Gasteiger partial charge on any atom is 0.294 e. The highest BCUT2D eigenvalue weighted by molar-refractivity contribution is 8.01. The summed E-state index contributed by atoms with van der Waals surface area (Å²) in [5.41, 5.74) is 1.33. The quantitative estimate of drug-likeness (QED) is 0.609. The Bertz CT molecular complexity index is 522. The number of rotatable bonds is 3. The highest BCUT2D eigenvalue weighted by Gasteiger charge is 2.16. The zero-order valence-corrected chi connectivity index (χ0v) is 10.2. The fraction of sp³-hybridized carbons (Fsp3) is 0.0909. The van der Waals surface area contributed by atoms with Crippen molar-refractivity contribution in [3.8, 4) is 0 Å². The van der Waals surface area contributed by atoms with Crippen LogP contribution in [-0.4, -0.2) is 4.92 Å². The Balaban J connectivity index is 2.31. The molecule has 1 heterocycles. The zero-order valence-electron chi connectivity index (χ0n) is 8.54. The fourth-order valence-corrected chi connectivity index (χ4v) is 3.31. The van der Waals surface area contributed by atoms with Crippen LogP contribution in [0.3, 0.4) is 0 Å². The standard InChI is InChI=1S/C11H9NO2S2/c1-8-4-2-3-5-10(8)16-11-9(12(13)14)6-7-15-11/h2-7H,1H3. The van der Waals surface area contributed by atoms with Gasteiger partial charge < -0.3 is 0 Å². The maximum atomic E-state index is 10.8. The minimum absolute atomic E-state index is 0.193. The third kappa shape index (κ3) is 2.25. The molecule has 0 unspecified atom stereocenters. The largest absolute Gasteiger partial charge is 0.294 e. The second-order valence-electron chi connectivity index (χ2n) is 3.22. The number of hydrogen-bond donors (Lipinski definition) is 0. The van der Waals surface area contributed by atoms with Gasteiger partial charge in [0, 0.05) is 11.0 Å². The number of aryl methyl sites for hydroxylation is 1. The molecule has 1 aromatic carbocycles. The summed E-state index contributed by atoms with van der Waals surface area (Å²) in [4.78, 5) is 11.5. The monoisotopic (exact) mass is 251 g/mol. The van der Waals surface area contributed by atoms with E-state index in [0.29, 0.717) is 0 Å². The van der Waals surface area contributed by atoms with Crippen molar-refractivity contribution >= 4 is 28.8 Å². The van der Waals surface area contributed by atoms with Crippen LogP contribution in [0, 0.1) is 17.0 Å². The molecular formula is C11H9NO2S2. The summed E-state index contributed by atoms with van der Waals surface area (Å²) in [6.45, 7) is 2.00. The normalized spacial score (nSPS) is 10.3. The Morgan fingerprint density at radius 3 is 2.75 bits per heavy atom. The molecule has 2 aromatic rings. The van der Waals surface area contributed by atoms with Crippen molar-refractivity contribution in [1.29, 1.82) is 0 Å². The van der Waals surface area contributed by atoms with Gasteiger partial charge in [0.2, 0.25) is 0 Å². The highest BCUT2D eigenvalue weighted by atomic mass is 32.2. The van der Waals surface area contributed by atoms with Crippen LogP contribution in [-0.2, 0) is 0 Å². The summed E-state index contributed by atoms with van der Waals surface area (Å²) in [5.74, 6) is 0. The van der Waals surface area contributed by atoms with Crippen LogP contribution in [0.4, 0.5) is 5.69 Å². The SMILES string of the molecule is Cc1ccccc1Sc1sccc1[N+](=O)[O-]. The summed E-state index contributed by atoms with van der Waals surface area (Å²) < 4.78 is 0.735. The van der Waals surface area contributed by atoms with Gasteiger partial charge in [-0.3, -0.25) is 10.1 Å². The van der Waals surface area contributed by atoms with Gasteiger partial charge in [-0.15, -0.1) is 11.3 Å². The molecule has 0 N–H and O–H groups in total. The molecule has 0 aliphatic carbocycles. The van der Waals surface area contributed by atoms with Crippen LogP contribution in [0.15, 0.2) is 44.8 Å². The van der Waals surface area contributed by atoms with Crippen LogP contribution in [0.25, 0.3) is 0 Å². The molecule has 0 atom stereocenters. The van der Waals surface area contributed by atoms with Crippen molar-refractivity contribution in [2.24, 2.45) is 0 Å². The molecule has 0 amide bonds. The molecule has 0 aliphatic rings. The summed E-state index contributed by atoms with van der Waals surface area (Å²) in [6, 6.07) is 9.42. The predicted molar refractivity (Wildman–Crippen MR) is 66.3 cm³/mol. The first-order valence-electron chi connectivity index (χ1n) is 4.64. The smallest absolute Gasteiger partial charge is 0.258 e. The van der Waals surface area contributed by atoms with Crippen LogP contribution >= 0.6 is 23.1 Å². The minimum atomic E-state index is -0.336. The molecule has 82 valence electrons. The number of thiophene rings is 1. The van der Waals surface area contributed by atoms with Gasteiger partial charge >= 0.3 is 0 Å². The molecule has 3 nitrogen and oxygen atoms in total. The van der Waals surface area contributed by atoms with E-state index in [4.69, 9.17) is 0 Å². The van der Waals surface area contributed by atoms with E-state index in [1.54, 1.807) is 11.4 Å². The lowest BCUT2D eigenvalue weighted by Crippen LogP contribution is -1.86. The van der Waals surface area contributed by atoms with Crippen molar-refractivity contribution in [1.82, 2.24) is 0 Å². The molecule has 2 rings (SSSR count). The average Bonchev–Trinajstić information content (AvgIpc) is 2.69. The molecule has 0 spiro atoms. The Kier molecular flexibility index (Phi) is 3.26. The molecule has 1 aromatic heterocycles. The van der Waals surface area contributed by atoms with E-state index >= 15 is 0 Å². The molecule has 0 fully saturated rings. The zero-order chi connectivity index (χ0) is 11.5. The van der Waals surface area contributed by atoms with E-state index in [9.17, 15) is 10.1 Å². The maximum absolute atomic E-state index is 10.8. The van der Waals surface area contributed by atoms with Crippen LogP contribution in [0.2, 0.25) is 0 Å². The van der Waals surface area contributed by atoms with Crippen molar-refractivity contribution in [3.05, 3.63) is 51.4 Å². The van der Waals surface area contributed by atoms with Crippen LogP contribution < -0.4 is 0 Å². The average molecular weight is 251 g/mol. The van der Waals surface area contributed by atoms with Crippen molar-refractivity contribution in [3.63, 3.8) is 0 Å². The molecule has 0 bridgehead atoms. The van der Waals surface area contributed by atoms with Crippen molar-refractivity contribution in [2.75, 3.05) is 0 Å². The minimum Gasteiger partial charge on any atom is -0.258 e. The Hall–Kier alpha value is -1.33. The second-order valence-corrected chi connectivity index (χ2v) is 5.44. The van der Waals surface area contributed by atoms with Gasteiger partial charge in [0.05, 0.1) is 4.92 Å². The lowest BCUT2D eigenvalue weighted by atomic mass is 10.2. The van der Waals surface area contributed by atoms with Gasteiger partial charge in [0.25, 0.3) is 5.69 Å². The molecular weight excluding hydrogens is 242 g/mol. The van der Waals surface area contributed by atoms with Gasteiger partial charge in [0.1, 0.15) is 4.21 Å². The molecule has 0 aliphatic heterocycles. The van der Waals surface area contributed by atoms with Gasteiger partial charge in [-0.1, -0.05) is 30.0 Å². The van der Waals surface area contributed by atoms with Crippen molar-refractivity contribution < 1.29 is 4.92 Å². The molecule has 0 radical (unpaired) electrons. The molecule has 5 heteroatoms. The Morgan fingerprint density at radius 2 is 2.06 bits per heavy atom. The third-order valence-electron chi connectivity index (χ3n) is 2.10. The first kappa shape index (κ1) is 11.2. The van der Waals surface area contributed by atoms with E-state index in [-0.39, 0.29) is 10.6 Å². The van der Waals surface area contributed by atoms with E-state index in [0.717, 1.165) is 14.7 Å². The lowest BCUT2D eigenvalue weighted by Gasteiger charge is -2.02. The van der Waals surface area contributed by atoms with Crippen LogP contribution in [0.5, 0.6) is 0 Å². The Labute approximate surface area is 101 Å². The first-order chi connectivity index (χ1) is 7.68. The molecule has 0 saturated heterocycles. The highest BCUT2D eigenvalue weighted by Crippen LogP contribution is 2.39. The van der Waals surface area contributed by atoms with Crippen LogP contribution in [0.1, 0.15) is 5.56 Å². The summed E-state index contributed by atoms with van der Waals surface area (Å²) in [7, 11) is 0. The van der Waals surface area contributed by atoms with Gasteiger partial charge in [0.15, 0.2) is 0 Å². The fourth-order valence-electron chi connectivity index (χ4n) is 1.27. The topological polar surface area (TPSA) is 43.1 Å². The molecule has 16 heavy (non-hydrogen) atoms. The lowest BCUT2D eigenvalue weighted by molar-refractivity contribution is -0.387. The van der Waals surface area contributed by atoms with Gasteiger partial charge in [-0.25, -0.2) is 0 Å². The third-order valence-corrected chi connectivity index (χ3v) is 4.41. The number of nitrogens with zero attached hydrogens (tertiary/aromatic N) is 1. The second kappa shape index (κ2) is 4.67. The van der Waals surface area contributed by atoms with E-state index in [2.05, 4.69) is 0 Å². The van der Waals surface area contributed by atoms with E-state index in [1.165, 1.54) is 23.1 Å². The summed E-state index contributed by atoms with van der Waals surface area (Å²) in [5, 5.41) is 12.5.